The largest absolute Gasteiger partial charge is 0.304 e. The highest BCUT2D eigenvalue weighted by atomic mass is 35.5. The molecule has 2 aromatic carbocycles. The van der Waals surface area contributed by atoms with Crippen LogP contribution in [0.2, 0.25) is 0 Å². The summed E-state index contributed by atoms with van der Waals surface area (Å²) in [5, 5.41) is 3.61. The van der Waals surface area contributed by atoms with Crippen LogP contribution in [-0.2, 0) is 0 Å². The lowest BCUT2D eigenvalue weighted by atomic mass is 10.0. The third-order valence-electron chi connectivity index (χ3n) is 3.10. The van der Waals surface area contributed by atoms with Gasteiger partial charge in [-0.15, -0.1) is 12.4 Å². The summed E-state index contributed by atoms with van der Waals surface area (Å²) in [6, 6.07) is 21.8. The zero-order valence-corrected chi connectivity index (χ0v) is 11.7. The van der Waals surface area contributed by atoms with Gasteiger partial charge in [-0.25, -0.2) is 0 Å². The second kappa shape index (κ2) is 7.20. The van der Waals surface area contributed by atoms with E-state index < -0.39 is 0 Å². The Hall–Kier alpha value is -1.31. The maximum absolute atomic E-state index is 3.61. The second-order valence-electron chi connectivity index (χ2n) is 4.43. The summed E-state index contributed by atoms with van der Waals surface area (Å²) in [4.78, 5) is 0. The molecule has 0 unspecified atom stereocenters. The molecule has 2 rings (SSSR count). The molecule has 0 aliphatic rings. The molecule has 0 aliphatic heterocycles. The van der Waals surface area contributed by atoms with E-state index in [1.165, 1.54) is 11.1 Å². The van der Waals surface area contributed by atoms with E-state index in [1.54, 1.807) is 0 Å². The normalized spacial score (nSPS) is 13.4. The molecule has 0 bridgehead atoms. The highest BCUT2D eigenvalue weighted by Gasteiger charge is 2.09. The average Bonchev–Trinajstić information content (AvgIpc) is 2.40. The van der Waals surface area contributed by atoms with Crippen LogP contribution in [0.15, 0.2) is 60.7 Å². The summed E-state index contributed by atoms with van der Waals surface area (Å²) in [6.07, 6.45) is 0. The van der Waals surface area contributed by atoms with Gasteiger partial charge in [0.1, 0.15) is 0 Å². The molecule has 0 amide bonds. The maximum atomic E-state index is 3.61. The minimum atomic E-state index is 0. The van der Waals surface area contributed by atoms with Gasteiger partial charge in [-0.05, 0) is 25.0 Å². The standard InChI is InChI=1S/C16H19N.ClH/c1-13(15-9-5-3-6-10-15)17-14(2)16-11-7-4-8-12-16;/h3-14,17H,1-2H3;1H/t13-,14-;/m1./s1. The van der Waals surface area contributed by atoms with E-state index >= 15 is 0 Å². The Labute approximate surface area is 116 Å². The molecule has 1 N–H and O–H groups in total. The molecule has 2 heteroatoms. The minimum Gasteiger partial charge on any atom is -0.304 e. The topological polar surface area (TPSA) is 12.0 Å². The summed E-state index contributed by atoms with van der Waals surface area (Å²) in [7, 11) is 0. The quantitative estimate of drug-likeness (QED) is 0.853. The summed E-state index contributed by atoms with van der Waals surface area (Å²) in [5.41, 5.74) is 2.66. The van der Waals surface area contributed by atoms with E-state index in [2.05, 4.69) is 79.8 Å². The van der Waals surface area contributed by atoms with Gasteiger partial charge in [0, 0.05) is 12.1 Å². The van der Waals surface area contributed by atoms with Crippen LogP contribution in [0.1, 0.15) is 37.1 Å². The maximum Gasteiger partial charge on any atom is 0.0297 e. The molecule has 2 atom stereocenters. The first-order valence-electron chi connectivity index (χ1n) is 6.13. The van der Waals surface area contributed by atoms with Gasteiger partial charge in [-0.3, -0.25) is 0 Å². The fourth-order valence-electron chi connectivity index (χ4n) is 2.05. The summed E-state index contributed by atoms with van der Waals surface area (Å²) in [6.45, 7) is 4.41. The second-order valence-corrected chi connectivity index (χ2v) is 4.43. The Morgan fingerprint density at radius 3 is 1.33 bits per heavy atom. The Balaban J connectivity index is 0.00000162. The molecule has 96 valence electrons. The predicted octanol–water partition coefficient (Wildman–Crippen LogP) is 4.52. The van der Waals surface area contributed by atoms with Crippen molar-refractivity contribution in [3.8, 4) is 0 Å². The van der Waals surface area contributed by atoms with Crippen molar-refractivity contribution in [2.75, 3.05) is 0 Å². The zero-order chi connectivity index (χ0) is 12.1. The van der Waals surface area contributed by atoms with Crippen LogP contribution >= 0.6 is 12.4 Å². The van der Waals surface area contributed by atoms with E-state index in [1.807, 2.05) is 0 Å². The third kappa shape index (κ3) is 3.86. The van der Waals surface area contributed by atoms with Crippen molar-refractivity contribution in [3.63, 3.8) is 0 Å². The van der Waals surface area contributed by atoms with E-state index in [4.69, 9.17) is 0 Å². The fourth-order valence-corrected chi connectivity index (χ4v) is 2.05. The van der Waals surface area contributed by atoms with Gasteiger partial charge in [0.05, 0.1) is 0 Å². The number of rotatable bonds is 4. The van der Waals surface area contributed by atoms with Crippen molar-refractivity contribution in [1.29, 1.82) is 0 Å². The molecule has 1 nitrogen and oxygen atoms in total. The Morgan fingerprint density at radius 2 is 1.00 bits per heavy atom. The fraction of sp³-hybridized carbons (Fsp3) is 0.250. The van der Waals surface area contributed by atoms with Crippen LogP contribution in [0.25, 0.3) is 0 Å². The van der Waals surface area contributed by atoms with Crippen LogP contribution in [0.3, 0.4) is 0 Å². The molecule has 0 aliphatic carbocycles. The van der Waals surface area contributed by atoms with Gasteiger partial charge in [0.15, 0.2) is 0 Å². The van der Waals surface area contributed by atoms with Gasteiger partial charge in [-0.2, -0.15) is 0 Å². The molecule has 0 spiro atoms. The van der Waals surface area contributed by atoms with Crippen molar-refractivity contribution in [3.05, 3.63) is 71.8 Å². The van der Waals surface area contributed by atoms with Gasteiger partial charge >= 0.3 is 0 Å². The molecule has 2 aromatic rings. The molecule has 0 radical (unpaired) electrons. The van der Waals surface area contributed by atoms with Crippen LogP contribution in [0.5, 0.6) is 0 Å². The van der Waals surface area contributed by atoms with Crippen LogP contribution in [-0.4, -0.2) is 0 Å². The van der Waals surface area contributed by atoms with Gasteiger partial charge in [0.25, 0.3) is 0 Å². The van der Waals surface area contributed by atoms with Gasteiger partial charge in [0.2, 0.25) is 0 Å². The zero-order valence-electron chi connectivity index (χ0n) is 10.8. The molecule has 0 heterocycles. The lowest BCUT2D eigenvalue weighted by Crippen LogP contribution is -2.22. The van der Waals surface area contributed by atoms with Crippen LogP contribution in [0.4, 0.5) is 0 Å². The molecule has 0 saturated carbocycles. The lowest BCUT2D eigenvalue weighted by molar-refractivity contribution is 0.495. The lowest BCUT2D eigenvalue weighted by Gasteiger charge is -2.20. The van der Waals surface area contributed by atoms with Gasteiger partial charge < -0.3 is 5.32 Å². The Kier molecular flexibility index (Phi) is 5.90. The number of nitrogens with one attached hydrogen (secondary N) is 1. The highest BCUT2D eigenvalue weighted by Crippen LogP contribution is 2.18. The summed E-state index contributed by atoms with van der Waals surface area (Å²) >= 11 is 0. The molecule has 0 fully saturated rings. The van der Waals surface area contributed by atoms with Gasteiger partial charge in [-0.1, -0.05) is 60.7 Å². The number of hydrogen-bond donors (Lipinski definition) is 1. The predicted molar refractivity (Wildman–Crippen MR) is 80.1 cm³/mol. The smallest absolute Gasteiger partial charge is 0.0297 e. The van der Waals surface area contributed by atoms with Crippen molar-refractivity contribution < 1.29 is 0 Å². The minimum absolute atomic E-state index is 0. The molecule has 0 aromatic heterocycles. The Bertz CT molecular complexity index is 398. The molecular weight excluding hydrogens is 242 g/mol. The van der Waals surface area contributed by atoms with Crippen LogP contribution < -0.4 is 5.32 Å². The van der Waals surface area contributed by atoms with Crippen molar-refractivity contribution in [2.24, 2.45) is 0 Å². The van der Waals surface area contributed by atoms with Crippen molar-refractivity contribution in [1.82, 2.24) is 5.32 Å². The summed E-state index contributed by atoms with van der Waals surface area (Å²) < 4.78 is 0. The van der Waals surface area contributed by atoms with E-state index in [0.29, 0.717) is 12.1 Å². The van der Waals surface area contributed by atoms with Crippen LogP contribution in [0, 0.1) is 0 Å². The van der Waals surface area contributed by atoms with Crippen molar-refractivity contribution >= 4 is 12.4 Å². The van der Waals surface area contributed by atoms with Crippen molar-refractivity contribution in [2.45, 2.75) is 25.9 Å². The van der Waals surface area contributed by atoms with E-state index in [0.717, 1.165) is 0 Å². The highest BCUT2D eigenvalue weighted by molar-refractivity contribution is 5.85. The first-order chi connectivity index (χ1) is 8.27. The third-order valence-corrected chi connectivity index (χ3v) is 3.10. The first-order valence-corrected chi connectivity index (χ1v) is 6.13. The van der Waals surface area contributed by atoms with E-state index in [9.17, 15) is 0 Å². The SMILES string of the molecule is C[C@@H](N[C@H](C)c1ccccc1)c1ccccc1.Cl. The number of halogens is 1. The van der Waals surface area contributed by atoms with E-state index in [-0.39, 0.29) is 12.4 Å². The first kappa shape index (κ1) is 14.7. The average molecular weight is 262 g/mol. The Morgan fingerprint density at radius 1 is 0.667 bits per heavy atom. The number of benzene rings is 2. The summed E-state index contributed by atoms with van der Waals surface area (Å²) in [5.74, 6) is 0. The molecule has 0 saturated heterocycles. The molecular formula is C16H20ClN. The molecule has 18 heavy (non-hydrogen) atoms. The monoisotopic (exact) mass is 261 g/mol. The number of hydrogen-bond acceptors (Lipinski definition) is 1.